The maximum atomic E-state index is 5.30. The maximum absolute atomic E-state index is 5.30. The van der Waals surface area contributed by atoms with E-state index in [0.29, 0.717) is 5.95 Å². The zero-order valence-electron chi connectivity index (χ0n) is 29.3. The number of rotatable bonds is 5. The minimum Gasteiger partial charge on any atom is -0.308 e. The molecule has 0 radical (unpaired) electrons. The number of benzene rings is 8. The number of nitrogens with zero attached hydrogens (tertiary/aromatic N) is 4. The lowest BCUT2D eigenvalue weighted by Gasteiger charge is -2.13. The normalized spacial score (nSPS) is 11.7. The second kappa shape index (κ2) is 12.1. The van der Waals surface area contributed by atoms with Gasteiger partial charge in [0, 0.05) is 38.4 Å². The molecule has 3 heterocycles. The van der Waals surface area contributed by atoms with Crippen molar-refractivity contribution in [2.45, 2.75) is 0 Å². The Bertz CT molecular complexity index is 3140. The monoisotopic (exact) mass is 688 g/mol. The standard InChI is InChI=1S/C50H32N4/c1-4-15-33(16-5-1)36-23-14-24-39(29-36)53-47-31-38-22-11-10-21-37(38)30-42(47)40-27-28-46-48(49(40)53)41-25-12-13-26-45(41)54(46)50-51-43(34-17-6-2-7-18-34)32-44(52-50)35-19-8-3-9-20-35/h1-32H. The smallest absolute Gasteiger partial charge is 0.235 e. The number of hydrogen-bond acceptors (Lipinski definition) is 2. The Morgan fingerprint density at radius 2 is 0.926 bits per heavy atom. The van der Waals surface area contributed by atoms with Gasteiger partial charge >= 0.3 is 0 Å². The SMILES string of the molecule is c1ccc(-c2cccc(-n3c4cc5ccccc5cc4c4ccc5c(c6ccccc6n5-c5nc(-c6ccccc6)cc(-c6ccccc6)n5)c43)c2)cc1. The molecule has 0 aliphatic rings. The van der Waals surface area contributed by atoms with E-state index in [0.717, 1.165) is 44.6 Å². The molecule has 0 aliphatic carbocycles. The first-order chi connectivity index (χ1) is 26.8. The van der Waals surface area contributed by atoms with Gasteiger partial charge in [0.05, 0.1) is 33.5 Å². The Morgan fingerprint density at radius 3 is 1.63 bits per heavy atom. The topological polar surface area (TPSA) is 35.6 Å². The third kappa shape index (κ3) is 4.78. The highest BCUT2D eigenvalue weighted by Crippen LogP contribution is 2.43. The van der Waals surface area contributed by atoms with Crippen molar-refractivity contribution in [2.75, 3.05) is 0 Å². The Labute approximate surface area is 311 Å². The van der Waals surface area contributed by atoms with Crippen LogP contribution in [0.25, 0.3) is 99.7 Å². The highest BCUT2D eigenvalue weighted by Gasteiger charge is 2.23. The van der Waals surface area contributed by atoms with Gasteiger partial charge in [-0.2, -0.15) is 0 Å². The molecule has 0 fully saturated rings. The summed E-state index contributed by atoms with van der Waals surface area (Å²) in [7, 11) is 0. The predicted octanol–water partition coefficient (Wildman–Crippen LogP) is 12.8. The van der Waals surface area contributed by atoms with E-state index in [4.69, 9.17) is 9.97 Å². The highest BCUT2D eigenvalue weighted by molar-refractivity contribution is 6.27. The molecular formula is C50H32N4. The Hall–Kier alpha value is -7.30. The number of fused-ring (bicyclic) bond motifs is 8. The summed E-state index contributed by atoms with van der Waals surface area (Å²) in [6, 6.07) is 69.0. The van der Waals surface area contributed by atoms with Crippen LogP contribution in [0.1, 0.15) is 0 Å². The highest BCUT2D eigenvalue weighted by atomic mass is 15.2. The first-order valence-corrected chi connectivity index (χ1v) is 18.3. The summed E-state index contributed by atoms with van der Waals surface area (Å²) in [4.78, 5) is 10.6. The Morgan fingerprint density at radius 1 is 0.333 bits per heavy atom. The van der Waals surface area contributed by atoms with E-state index in [1.807, 2.05) is 12.1 Å². The van der Waals surface area contributed by atoms with Gasteiger partial charge in [0.1, 0.15) is 0 Å². The van der Waals surface area contributed by atoms with E-state index < -0.39 is 0 Å². The molecule has 4 heteroatoms. The zero-order valence-corrected chi connectivity index (χ0v) is 29.3. The summed E-state index contributed by atoms with van der Waals surface area (Å²) in [5, 5.41) is 7.20. The van der Waals surface area contributed by atoms with Crippen molar-refractivity contribution in [3.8, 4) is 45.3 Å². The van der Waals surface area contributed by atoms with Crippen LogP contribution in [-0.4, -0.2) is 19.1 Å². The van der Waals surface area contributed by atoms with Gasteiger partial charge in [-0.3, -0.25) is 4.57 Å². The van der Waals surface area contributed by atoms with Crippen LogP contribution in [0.3, 0.4) is 0 Å². The summed E-state index contributed by atoms with van der Waals surface area (Å²) in [5.41, 5.74) is 11.8. The summed E-state index contributed by atoms with van der Waals surface area (Å²) in [6.07, 6.45) is 0. The van der Waals surface area contributed by atoms with Crippen molar-refractivity contribution in [3.63, 3.8) is 0 Å². The van der Waals surface area contributed by atoms with Gasteiger partial charge in [0.2, 0.25) is 5.95 Å². The third-order valence-corrected chi connectivity index (χ3v) is 10.7. The second-order valence-corrected chi connectivity index (χ2v) is 13.8. The lowest BCUT2D eigenvalue weighted by atomic mass is 10.0. The van der Waals surface area contributed by atoms with Gasteiger partial charge in [-0.25, -0.2) is 9.97 Å². The quantitative estimate of drug-likeness (QED) is 0.180. The van der Waals surface area contributed by atoms with Crippen LogP contribution >= 0.6 is 0 Å². The van der Waals surface area contributed by atoms with Gasteiger partial charge < -0.3 is 4.57 Å². The molecule has 11 rings (SSSR count). The summed E-state index contributed by atoms with van der Waals surface area (Å²) in [6.45, 7) is 0. The van der Waals surface area contributed by atoms with E-state index >= 15 is 0 Å². The minimum atomic E-state index is 0.639. The van der Waals surface area contributed by atoms with Gasteiger partial charge in [-0.05, 0) is 64.4 Å². The lowest BCUT2D eigenvalue weighted by molar-refractivity contribution is 0.996. The largest absolute Gasteiger partial charge is 0.308 e. The summed E-state index contributed by atoms with van der Waals surface area (Å²) < 4.78 is 4.72. The van der Waals surface area contributed by atoms with Crippen molar-refractivity contribution >= 4 is 54.4 Å². The number of aromatic nitrogens is 4. The van der Waals surface area contributed by atoms with Crippen molar-refractivity contribution in [1.82, 2.24) is 19.1 Å². The first-order valence-electron chi connectivity index (χ1n) is 18.3. The van der Waals surface area contributed by atoms with Crippen LogP contribution in [0.5, 0.6) is 0 Å². The van der Waals surface area contributed by atoms with Gasteiger partial charge in [0.15, 0.2) is 0 Å². The fraction of sp³-hybridized carbons (Fsp3) is 0. The molecule has 54 heavy (non-hydrogen) atoms. The molecule has 0 N–H and O–H groups in total. The van der Waals surface area contributed by atoms with Crippen LogP contribution in [0.2, 0.25) is 0 Å². The Balaban J connectivity index is 1.27. The summed E-state index contributed by atoms with van der Waals surface area (Å²) in [5.74, 6) is 0.639. The average Bonchev–Trinajstić information content (AvgIpc) is 3.76. The van der Waals surface area contributed by atoms with E-state index in [1.165, 1.54) is 49.1 Å². The second-order valence-electron chi connectivity index (χ2n) is 13.8. The average molecular weight is 689 g/mol. The number of hydrogen-bond donors (Lipinski definition) is 0. The molecule has 0 bridgehead atoms. The zero-order chi connectivity index (χ0) is 35.6. The van der Waals surface area contributed by atoms with Crippen molar-refractivity contribution < 1.29 is 0 Å². The molecule has 11 aromatic rings. The van der Waals surface area contributed by atoms with Crippen molar-refractivity contribution in [3.05, 3.63) is 194 Å². The molecule has 0 spiro atoms. The third-order valence-electron chi connectivity index (χ3n) is 10.7. The Kier molecular flexibility index (Phi) is 6.82. The molecule has 0 unspecified atom stereocenters. The molecule has 0 aliphatic heterocycles. The van der Waals surface area contributed by atoms with Crippen molar-refractivity contribution in [2.24, 2.45) is 0 Å². The van der Waals surface area contributed by atoms with Gasteiger partial charge in [-0.1, -0.05) is 152 Å². The van der Waals surface area contributed by atoms with E-state index in [1.54, 1.807) is 0 Å². The van der Waals surface area contributed by atoms with Crippen LogP contribution in [0.4, 0.5) is 0 Å². The molecule has 0 saturated carbocycles. The lowest BCUT2D eigenvalue weighted by Crippen LogP contribution is -2.04. The predicted molar refractivity (Wildman–Crippen MR) is 225 cm³/mol. The summed E-state index contributed by atoms with van der Waals surface area (Å²) >= 11 is 0. The molecular weight excluding hydrogens is 657 g/mol. The molecule has 4 nitrogen and oxygen atoms in total. The van der Waals surface area contributed by atoms with E-state index in [-0.39, 0.29) is 0 Å². The molecule has 8 aromatic carbocycles. The first kappa shape index (κ1) is 30.3. The fourth-order valence-corrected chi connectivity index (χ4v) is 8.23. The molecule has 0 atom stereocenters. The van der Waals surface area contributed by atoms with Crippen LogP contribution < -0.4 is 0 Å². The van der Waals surface area contributed by atoms with Crippen molar-refractivity contribution in [1.29, 1.82) is 0 Å². The van der Waals surface area contributed by atoms with Gasteiger partial charge in [0.25, 0.3) is 0 Å². The van der Waals surface area contributed by atoms with E-state index in [2.05, 4.69) is 191 Å². The maximum Gasteiger partial charge on any atom is 0.235 e. The van der Waals surface area contributed by atoms with Crippen LogP contribution in [0.15, 0.2) is 194 Å². The number of para-hydroxylation sites is 1. The van der Waals surface area contributed by atoms with E-state index in [9.17, 15) is 0 Å². The molecule has 0 saturated heterocycles. The fourth-order valence-electron chi connectivity index (χ4n) is 8.23. The van der Waals surface area contributed by atoms with Crippen LogP contribution in [-0.2, 0) is 0 Å². The van der Waals surface area contributed by atoms with Gasteiger partial charge in [-0.15, -0.1) is 0 Å². The molecule has 3 aromatic heterocycles. The van der Waals surface area contributed by atoms with Crippen LogP contribution in [0, 0.1) is 0 Å². The molecule has 252 valence electrons. The minimum absolute atomic E-state index is 0.639. The molecule has 0 amide bonds.